The van der Waals surface area contributed by atoms with Gasteiger partial charge in [-0.15, -0.1) is 0 Å². The van der Waals surface area contributed by atoms with E-state index < -0.39 is 0 Å². The lowest BCUT2D eigenvalue weighted by atomic mass is 10.2. The first kappa shape index (κ1) is 15.5. The first-order valence-corrected chi connectivity index (χ1v) is 7.94. The van der Waals surface area contributed by atoms with Gasteiger partial charge in [-0.1, -0.05) is 0 Å². The summed E-state index contributed by atoms with van der Waals surface area (Å²) in [5, 5.41) is 12.0. The Labute approximate surface area is 149 Å². The van der Waals surface area contributed by atoms with Crippen molar-refractivity contribution >= 4 is 22.8 Å². The second kappa shape index (κ2) is 6.49. The summed E-state index contributed by atoms with van der Waals surface area (Å²) in [6, 6.07) is 0. The van der Waals surface area contributed by atoms with Crippen LogP contribution in [-0.2, 0) is 0 Å². The lowest BCUT2D eigenvalue weighted by Gasteiger charge is -1.94. The minimum Gasteiger partial charge on any atom is -0.249 e. The molecule has 0 N–H and O–H groups in total. The van der Waals surface area contributed by atoms with Crippen LogP contribution in [0.5, 0.6) is 0 Å². The minimum atomic E-state index is 0.894. The number of nitrogens with zero attached hydrogens (tertiary/aromatic N) is 6. The van der Waals surface area contributed by atoms with Gasteiger partial charge in [-0.25, -0.2) is 20.0 Å². The van der Waals surface area contributed by atoms with Gasteiger partial charge in [-0.05, 0) is 72.9 Å². The molecule has 26 heavy (non-hydrogen) atoms. The van der Waals surface area contributed by atoms with Gasteiger partial charge in [-0.2, -0.15) is 0 Å². The molecule has 0 radical (unpaired) electrons. The quantitative estimate of drug-likeness (QED) is 0.631. The molecule has 0 unspecified atom stereocenters. The first-order chi connectivity index (χ1) is 12.8. The second-order valence-electron chi connectivity index (χ2n) is 5.76. The summed E-state index contributed by atoms with van der Waals surface area (Å²) in [4.78, 5) is 18.4. The maximum Gasteiger partial charge on any atom is 0.0659 e. The predicted octanol–water partition coefficient (Wildman–Crippen LogP) is 3.61. The Kier molecular flexibility index (Phi) is 3.88. The van der Waals surface area contributed by atoms with Crippen molar-refractivity contribution in [1.82, 2.24) is 0 Å². The van der Waals surface area contributed by atoms with Gasteiger partial charge in [0.1, 0.15) is 0 Å². The minimum absolute atomic E-state index is 0.894. The van der Waals surface area contributed by atoms with Crippen LogP contribution in [0, 0.1) is 10.8 Å². The van der Waals surface area contributed by atoms with Gasteiger partial charge in [0.15, 0.2) is 0 Å². The molecule has 6 nitrogen and oxygen atoms in total. The zero-order chi connectivity index (χ0) is 17.9. The highest BCUT2D eigenvalue weighted by Gasteiger charge is 2.11. The van der Waals surface area contributed by atoms with Crippen molar-refractivity contribution in [3.63, 3.8) is 0 Å². The first-order valence-electron chi connectivity index (χ1n) is 7.94. The fourth-order valence-electron chi connectivity index (χ4n) is 2.83. The molecule has 5 rings (SSSR count). The van der Waals surface area contributed by atoms with Gasteiger partial charge in [0.05, 0.1) is 45.6 Å². The maximum absolute atomic E-state index is 6.00. The Hall–Kier alpha value is -3.98. The van der Waals surface area contributed by atoms with E-state index >= 15 is 0 Å². The van der Waals surface area contributed by atoms with Crippen molar-refractivity contribution in [2.45, 2.75) is 0 Å². The Bertz CT molecular complexity index is 889. The molecule has 6 heteroatoms. The van der Waals surface area contributed by atoms with Crippen LogP contribution in [-0.4, -0.2) is 22.8 Å². The van der Waals surface area contributed by atoms with E-state index in [4.69, 9.17) is 10.8 Å². The SMILES string of the molecule is C1=CC2=NC1=CC1=NC(=CC3=NC(=CC4=NC(=C2)C=C4)C=C3)C=C1.N#N. The van der Waals surface area contributed by atoms with E-state index in [0.717, 1.165) is 45.6 Å². The van der Waals surface area contributed by atoms with Crippen LogP contribution in [0.25, 0.3) is 0 Å². The number of hydrogen-bond acceptors (Lipinski definition) is 6. The Morgan fingerprint density at radius 2 is 0.615 bits per heavy atom. The van der Waals surface area contributed by atoms with E-state index in [1.54, 1.807) is 0 Å². The number of hydrogen-bond donors (Lipinski definition) is 0. The van der Waals surface area contributed by atoms with Gasteiger partial charge >= 0.3 is 0 Å². The molecule has 0 amide bonds. The van der Waals surface area contributed by atoms with Crippen LogP contribution in [0.4, 0.5) is 0 Å². The van der Waals surface area contributed by atoms with E-state index in [1.165, 1.54) is 0 Å². The number of aliphatic imine (C=N–C) groups is 4. The Balaban J connectivity index is 0.000000814. The molecule has 0 aromatic carbocycles. The second-order valence-corrected chi connectivity index (χ2v) is 5.76. The third-order valence-corrected chi connectivity index (χ3v) is 3.92. The van der Waals surface area contributed by atoms with Crippen LogP contribution in [0.15, 0.2) is 116 Å². The highest BCUT2D eigenvalue weighted by atomic mass is 14.8. The van der Waals surface area contributed by atoms with Crippen LogP contribution in [0.2, 0.25) is 0 Å². The molecule has 5 aliphatic heterocycles. The van der Waals surface area contributed by atoms with Crippen molar-refractivity contribution < 1.29 is 0 Å². The Morgan fingerprint density at radius 1 is 0.385 bits per heavy atom. The molecule has 0 aromatic rings. The molecule has 0 fully saturated rings. The third kappa shape index (κ3) is 3.14. The van der Waals surface area contributed by atoms with Crippen LogP contribution >= 0.6 is 0 Å². The van der Waals surface area contributed by atoms with Crippen LogP contribution < -0.4 is 0 Å². The number of allylic oxidation sites excluding steroid dienone is 12. The number of fused-ring (bicyclic) bond motifs is 4. The average Bonchev–Trinajstić information content (AvgIpc) is 3.42. The zero-order valence-electron chi connectivity index (χ0n) is 13.6. The molecule has 8 bridgehead atoms. The van der Waals surface area contributed by atoms with Crippen molar-refractivity contribution in [2.24, 2.45) is 20.0 Å². The monoisotopic (exact) mass is 336 g/mol. The van der Waals surface area contributed by atoms with Gasteiger partial charge in [0.2, 0.25) is 0 Å². The highest BCUT2D eigenvalue weighted by Crippen LogP contribution is 2.20. The molecule has 0 saturated carbocycles. The lowest BCUT2D eigenvalue weighted by Crippen LogP contribution is -1.89. The molecular formula is C20H12N6. The summed E-state index contributed by atoms with van der Waals surface area (Å²) < 4.78 is 0. The van der Waals surface area contributed by atoms with Crippen molar-refractivity contribution in [2.75, 3.05) is 0 Å². The largest absolute Gasteiger partial charge is 0.249 e. The predicted molar refractivity (Wildman–Crippen MR) is 102 cm³/mol. The summed E-state index contributed by atoms with van der Waals surface area (Å²) in [6.45, 7) is 0. The topological polar surface area (TPSA) is 97.0 Å². The summed E-state index contributed by atoms with van der Waals surface area (Å²) in [5.74, 6) is 0. The molecular weight excluding hydrogens is 324 g/mol. The smallest absolute Gasteiger partial charge is 0.0659 e. The maximum atomic E-state index is 6.00. The van der Waals surface area contributed by atoms with Crippen LogP contribution in [0.3, 0.4) is 0 Å². The molecule has 0 aromatic heterocycles. The van der Waals surface area contributed by atoms with Gasteiger partial charge < -0.3 is 0 Å². The van der Waals surface area contributed by atoms with Crippen molar-refractivity contribution in [3.8, 4) is 0 Å². The molecule has 0 saturated heterocycles. The van der Waals surface area contributed by atoms with Gasteiger partial charge in [0, 0.05) is 10.8 Å². The fraction of sp³-hybridized carbons (Fsp3) is 0. The van der Waals surface area contributed by atoms with Crippen molar-refractivity contribution in [1.29, 1.82) is 10.8 Å². The molecule has 0 atom stereocenters. The molecule has 5 aliphatic rings. The standard InChI is InChI=1S/C20H12N4.N2/c1-2-14-10-16-5-6-18(23-16)12-20-8-7-19(24-20)11-17-4-3-15(22-17)9-13(1)21-14;1-2/h1-12H;. The van der Waals surface area contributed by atoms with E-state index in [2.05, 4.69) is 20.0 Å². The van der Waals surface area contributed by atoms with Crippen LogP contribution in [0.1, 0.15) is 0 Å². The molecule has 0 spiro atoms. The van der Waals surface area contributed by atoms with Gasteiger partial charge in [0.25, 0.3) is 0 Å². The summed E-state index contributed by atoms with van der Waals surface area (Å²) in [5.41, 5.74) is 7.15. The normalized spacial score (nSPS) is 21.0. The fourth-order valence-corrected chi connectivity index (χ4v) is 2.83. The third-order valence-electron chi connectivity index (χ3n) is 3.92. The zero-order valence-corrected chi connectivity index (χ0v) is 13.6. The van der Waals surface area contributed by atoms with E-state index in [9.17, 15) is 0 Å². The Morgan fingerprint density at radius 3 is 0.846 bits per heavy atom. The van der Waals surface area contributed by atoms with E-state index in [0.29, 0.717) is 0 Å². The molecule has 122 valence electrons. The number of rotatable bonds is 0. The molecule has 5 heterocycles. The van der Waals surface area contributed by atoms with E-state index in [1.807, 2.05) is 72.9 Å². The lowest BCUT2D eigenvalue weighted by molar-refractivity contribution is 1.15. The summed E-state index contributed by atoms with van der Waals surface area (Å²) >= 11 is 0. The van der Waals surface area contributed by atoms with E-state index in [-0.39, 0.29) is 0 Å². The van der Waals surface area contributed by atoms with Crippen molar-refractivity contribution in [3.05, 3.63) is 95.7 Å². The van der Waals surface area contributed by atoms with Gasteiger partial charge in [-0.3, -0.25) is 0 Å². The summed E-state index contributed by atoms with van der Waals surface area (Å²) in [7, 11) is 0. The molecule has 0 aliphatic carbocycles. The summed E-state index contributed by atoms with van der Waals surface area (Å²) in [6.07, 6.45) is 23.8. The highest BCUT2D eigenvalue weighted by molar-refractivity contribution is 6.14. The average molecular weight is 336 g/mol.